The summed E-state index contributed by atoms with van der Waals surface area (Å²) in [4.78, 5) is 22.6. The first-order chi connectivity index (χ1) is 8.78. The Morgan fingerprint density at radius 1 is 1.21 bits per heavy atom. The van der Waals surface area contributed by atoms with E-state index in [1.165, 1.54) is 38.2 Å². The molecule has 1 rings (SSSR count). The lowest BCUT2D eigenvalue weighted by Gasteiger charge is -2.12. The van der Waals surface area contributed by atoms with Crippen LogP contribution in [0.5, 0.6) is 0 Å². The number of urea groups is 1. The lowest BCUT2D eigenvalue weighted by Crippen LogP contribution is -2.44. The summed E-state index contributed by atoms with van der Waals surface area (Å²) in [6.07, 6.45) is 0. The third kappa shape index (κ3) is 3.44. The van der Waals surface area contributed by atoms with Crippen LogP contribution in [-0.4, -0.2) is 32.7 Å². The van der Waals surface area contributed by atoms with E-state index in [1.807, 2.05) is 5.32 Å². The highest BCUT2D eigenvalue weighted by Crippen LogP contribution is 2.17. The van der Waals surface area contributed by atoms with E-state index in [0.29, 0.717) is 5.69 Å². The number of sulfone groups is 1. The minimum absolute atomic E-state index is 0.0266. The lowest BCUT2D eigenvalue weighted by atomic mass is 10.3. The Kier molecular flexibility index (Phi) is 4.49. The molecule has 0 aliphatic heterocycles. The summed E-state index contributed by atoms with van der Waals surface area (Å²) in [5.74, 6) is -0.892. The quantitative estimate of drug-likeness (QED) is 0.669. The van der Waals surface area contributed by atoms with Gasteiger partial charge in [0.1, 0.15) is 5.25 Å². The monoisotopic (exact) mass is 285 g/mol. The van der Waals surface area contributed by atoms with Crippen molar-refractivity contribution in [1.29, 1.82) is 0 Å². The van der Waals surface area contributed by atoms with E-state index < -0.39 is 27.0 Å². The molecule has 0 aromatic heterocycles. The third-order valence-corrected chi connectivity index (χ3v) is 4.58. The van der Waals surface area contributed by atoms with E-state index in [0.717, 1.165) is 0 Å². The van der Waals surface area contributed by atoms with Gasteiger partial charge >= 0.3 is 6.03 Å². The molecule has 0 heterocycles. The van der Waals surface area contributed by atoms with Gasteiger partial charge in [0.2, 0.25) is 5.91 Å². The highest BCUT2D eigenvalue weighted by molar-refractivity contribution is 7.92. The lowest BCUT2D eigenvalue weighted by molar-refractivity contribution is -0.119. The Morgan fingerprint density at radius 3 is 2.21 bits per heavy atom. The van der Waals surface area contributed by atoms with Crippen LogP contribution >= 0.6 is 0 Å². The van der Waals surface area contributed by atoms with Crippen LogP contribution in [0.4, 0.5) is 10.5 Å². The Labute approximate surface area is 111 Å². The first kappa shape index (κ1) is 15.0. The van der Waals surface area contributed by atoms with Crippen molar-refractivity contribution in [3.63, 3.8) is 0 Å². The van der Waals surface area contributed by atoms with Crippen molar-refractivity contribution in [3.8, 4) is 0 Å². The van der Waals surface area contributed by atoms with Crippen molar-refractivity contribution in [1.82, 2.24) is 10.6 Å². The molecule has 0 fully saturated rings. The standard InChI is InChI=1S/C11H15N3O4S/c1-7(10(15)14-11(16)13-2)19(17,18)9-5-3-8(12)4-6-9/h3-7H,12H2,1-2H3,(H2,13,14,15,16). The molecule has 0 spiro atoms. The maximum absolute atomic E-state index is 12.1. The number of imide groups is 1. The van der Waals surface area contributed by atoms with Gasteiger partial charge in [-0.05, 0) is 31.2 Å². The second-order valence-electron chi connectivity index (χ2n) is 3.82. The highest BCUT2D eigenvalue weighted by Gasteiger charge is 2.30. The number of anilines is 1. The molecular weight excluding hydrogens is 270 g/mol. The maximum Gasteiger partial charge on any atom is 0.321 e. The molecule has 1 aromatic rings. The van der Waals surface area contributed by atoms with Crippen LogP contribution in [0.25, 0.3) is 0 Å². The molecular formula is C11H15N3O4S. The van der Waals surface area contributed by atoms with Gasteiger partial charge < -0.3 is 11.1 Å². The summed E-state index contributed by atoms with van der Waals surface area (Å²) in [5, 5.41) is 2.71. The Hall–Kier alpha value is -2.09. The number of hydrogen-bond donors (Lipinski definition) is 3. The Morgan fingerprint density at radius 2 is 1.74 bits per heavy atom. The third-order valence-electron chi connectivity index (χ3n) is 2.51. The minimum atomic E-state index is -3.86. The van der Waals surface area contributed by atoms with Crippen LogP contribution in [0, 0.1) is 0 Å². The van der Waals surface area contributed by atoms with Gasteiger partial charge in [0.25, 0.3) is 0 Å². The number of nitrogen functional groups attached to an aromatic ring is 1. The number of nitrogens with one attached hydrogen (secondary N) is 2. The Bertz CT molecular complexity index is 580. The van der Waals surface area contributed by atoms with Crippen LogP contribution < -0.4 is 16.4 Å². The minimum Gasteiger partial charge on any atom is -0.399 e. The second-order valence-corrected chi connectivity index (χ2v) is 6.09. The molecule has 1 atom stereocenters. The molecule has 104 valence electrons. The molecule has 0 saturated carbocycles. The second kappa shape index (κ2) is 5.70. The Balaban J connectivity index is 2.97. The first-order valence-electron chi connectivity index (χ1n) is 5.41. The SMILES string of the molecule is CNC(=O)NC(=O)C(C)S(=O)(=O)c1ccc(N)cc1. The van der Waals surface area contributed by atoms with Crippen LogP contribution in [0.2, 0.25) is 0 Å². The predicted molar refractivity (Wildman–Crippen MR) is 70.1 cm³/mol. The zero-order chi connectivity index (χ0) is 14.6. The molecule has 0 aliphatic rings. The number of hydrogen-bond acceptors (Lipinski definition) is 5. The van der Waals surface area contributed by atoms with Gasteiger partial charge in [0, 0.05) is 12.7 Å². The topological polar surface area (TPSA) is 118 Å². The summed E-state index contributed by atoms with van der Waals surface area (Å²) >= 11 is 0. The van der Waals surface area contributed by atoms with E-state index >= 15 is 0 Å². The zero-order valence-electron chi connectivity index (χ0n) is 10.5. The number of carbonyl (C=O) groups excluding carboxylic acids is 2. The molecule has 4 N–H and O–H groups in total. The van der Waals surface area contributed by atoms with Crippen molar-refractivity contribution in [2.24, 2.45) is 0 Å². The molecule has 1 unspecified atom stereocenters. The van der Waals surface area contributed by atoms with Crippen LogP contribution in [-0.2, 0) is 14.6 Å². The molecule has 3 amide bonds. The van der Waals surface area contributed by atoms with Crippen molar-refractivity contribution < 1.29 is 18.0 Å². The van der Waals surface area contributed by atoms with E-state index in [9.17, 15) is 18.0 Å². The van der Waals surface area contributed by atoms with Gasteiger partial charge in [-0.3, -0.25) is 10.1 Å². The fraction of sp³-hybridized carbons (Fsp3) is 0.273. The molecule has 0 radical (unpaired) electrons. The van der Waals surface area contributed by atoms with Crippen molar-refractivity contribution >= 4 is 27.5 Å². The fourth-order valence-electron chi connectivity index (χ4n) is 1.28. The summed E-state index contributed by atoms with van der Waals surface area (Å²) in [6.45, 7) is 1.21. The molecule has 0 bridgehead atoms. The fourth-order valence-corrected chi connectivity index (χ4v) is 2.54. The first-order valence-corrected chi connectivity index (χ1v) is 6.95. The van der Waals surface area contributed by atoms with Gasteiger partial charge in [0.15, 0.2) is 9.84 Å². The summed E-state index contributed by atoms with van der Waals surface area (Å²) in [6, 6.07) is 4.72. The van der Waals surface area contributed by atoms with Gasteiger partial charge in [0.05, 0.1) is 4.90 Å². The van der Waals surface area contributed by atoms with E-state index in [-0.39, 0.29) is 4.90 Å². The predicted octanol–water partition coefficient (Wildman–Crippen LogP) is -0.113. The summed E-state index contributed by atoms with van der Waals surface area (Å²) in [5.41, 5.74) is 5.88. The van der Waals surface area contributed by atoms with E-state index in [2.05, 4.69) is 5.32 Å². The van der Waals surface area contributed by atoms with Crippen LogP contribution in [0.1, 0.15) is 6.92 Å². The van der Waals surface area contributed by atoms with E-state index in [4.69, 9.17) is 5.73 Å². The van der Waals surface area contributed by atoms with Gasteiger partial charge in [-0.2, -0.15) is 0 Å². The van der Waals surface area contributed by atoms with Crippen molar-refractivity contribution in [2.45, 2.75) is 17.1 Å². The number of benzene rings is 1. The van der Waals surface area contributed by atoms with Crippen LogP contribution in [0.3, 0.4) is 0 Å². The molecule has 8 heteroatoms. The summed E-state index contributed by atoms with van der Waals surface area (Å²) in [7, 11) is -2.54. The molecule has 19 heavy (non-hydrogen) atoms. The molecule has 1 aromatic carbocycles. The van der Waals surface area contributed by atoms with Gasteiger partial charge in [-0.15, -0.1) is 0 Å². The average Bonchev–Trinajstić information content (AvgIpc) is 2.38. The average molecular weight is 285 g/mol. The number of rotatable bonds is 3. The van der Waals surface area contributed by atoms with Crippen molar-refractivity contribution in [2.75, 3.05) is 12.8 Å². The molecule has 0 aliphatic carbocycles. The highest BCUT2D eigenvalue weighted by atomic mass is 32.2. The largest absolute Gasteiger partial charge is 0.399 e. The molecule has 0 saturated heterocycles. The van der Waals surface area contributed by atoms with E-state index in [1.54, 1.807) is 0 Å². The number of nitrogens with two attached hydrogens (primary N) is 1. The summed E-state index contributed by atoms with van der Waals surface area (Å²) < 4.78 is 24.2. The number of amides is 3. The van der Waals surface area contributed by atoms with Gasteiger partial charge in [-0.1, -0.05) is 0 Å². The van der Waals surface area contributed by atoms with Crippen molar-refractivity contribution in [3.05, 3.63) is 24.3 Å². The normalized spacial score (nSPS) is 12.5. The van der Waals surface area contributed by atoms with Crippen LogP contribution in [0.15, 0.2) is 29.2 Å². The maximum atomic E-state index is 12.1. The number of carbonyl (C=O) groups is 2. The molecule has 7 nitrogen and oxygen atoms in total. The smallest absolute Gasteiger partial charge is 0.321 e. The van der Waals surface area contributed by atoms with Gasteiger partial charge in [-0.25, -0.2) is 13.2 Å². The zero-order valence-corrected chi connectivity index (χ0v) is 11.3.